The highest BCUT2D eigenvalue weighted by atomic mass is 32.2. The van der Waals surface area contributed by atoms with Crippen molar-refractivity contribution in [3.8, 4) is 0 Å². The molecular weight excluding hydrogens is 300 g/mol. The van der Waals surface area contributed by atoms with Crippen LogP contribution in [0.3, 0.4) is 0 Å². The Morgan fingerprint density at radius 1 is 1.00 bits per heavy atom. The number of pyridine rings is 1. The molecule has 0 fully saturated rings. The van der Waals surface area contributed by atoms with Gasteiger partial charge in [0, 0.05) is 25.8 Å². The van der Waals surface area contributed by atoms with Gasteiger partial charge in [-0.05, 0) is 24.1 Å². The molecule has 0 unspecified atom stereocenters. The monoisotopic (exact) mass is 320 g/mol. The van der Waals surface area contributed by atoms with E-state index in [0.29, 0.717) is 6.54 Å². The fourth-order valence-electron chi connectivity index (χ4n) is 1.86. The molecule has 2 aromatic rings. The summed E-state index contributed by atoms with van der Waals surface area (Å²) in [5.41, 5.74) is 1.93. The Bertz CT molecular complexity index is 690. The second kappa shape index (κ2) is 7.88. The average Bonchev–Trinajstić information content (AvgIpc) is 2.52. The third kappa shape index (κ3) is 5.44. The molecule has 22 heavy (non-hydrogen) atoms. The number of aryl methyl sites for hydroxylation is 1. The van der Waals surface area contributed by atoms with E-state index in [1.165, 1.54) is 0 Å². The first-order chi connectivity index (χ1) is 10.6. The maximum atomic E-state index is 11.8. The van der Waals surface area contributed by atoms with Crippen molar-refractivity contribution in [1.82, 2.24) is 14.4 Å². The maximum Gasteiger partial charge on any atom is 0.277 e. The van der Waals surface area contributed by atoms with Crippen LogP contribution in [-0.4, -0.2) is 26.5 Å². The summed E-state index contributed by atoms with van der Waals surface area (Å²) < 4.78 is 28.6. The Morgan fingerprint density at radius 3 is 2.50 bits per heavy atom. The molecule has 3 N–H and O–H groups in total. The minimum absolute atomic E-state index is 0.267. The minimum atomic E-state index is -3.50. The Kier molecular flexibility index (Phi) is 5.88. The summed E-state index contributed by atoms with van der Waals surface area (Å²) in [6.07, 6.45) is 1.70. The molecule has 118 valence electrons. The zero-order valence-corrected chi connectivity index (χ0v) is 13.2. The molecule has 1 heterocycles. The highest BCUT2D eigenvalue weighted by Crippen LogP contribution is 2.07. The SMILES string of the molecule is Cc1cccnc1NCCNS(=O)(=O)NCc1ccccc1. The summed E-state index contributed by atoms with van der Waals surface area (Å²) in [7, 11) is -3.50. The van der Waals surface area contributed by atoms with Crippen LogP contribution in [0.25, 0.3) is 0 Å². The van der Waals surface area contributed by atoms with Crippen LogP contribution in [-0.2, 0) is 16.8 Å². The predicted octanol–water partition coefficient (Wildman–Crippen LogP) is 1.43. The number of benzene rings is 1. The normalized spacial score (nSPS) is 11.3. The van der Waals surface area contributed by atoms with E-state index in [4.69, 9.17) is 0 Å². The van der Waals surface area contributed by atoms with Gasteiger partial charge < -0.3 is 5.32 Å². The van der Waals surface area contributed by atoms with Crippen molar-refractivity contribution in [3.63, 3.8) is 0 Å². The third-order valence-electron chi connectivity index (χ3n) is 3.03. The number of aromatic nitrogens is 1. The van der Waals surface area contributed by atoms with Crippen LogP contribution >= 0.6 is 0 Å². The van der Waals surface area contributed by atoms with Gasteiger partial charge in [0.2, 0.25) is 0 Å². The smallest absolute Gasteiger partial charge is 0.277 e. The number of hydrogen-bond acceptors (Lipinski definition) is 4. The Hall–Kier alpha value is -1.96. The average molecular weight is 320 g/mol. The van der Waals surface area contributed by atoms with Gasteiger partial charge in [-0.1, -0.05) is 36.4 Å². The van der Waals surface area contributed by atoms with E-state index < -0.39 is 10.2 Å². The third-order valence-corrected chi connectivity index (χ3v) is 4.14. The molecule has 1 aromatic heterocycles. The second-order valence-electron chi connectivity index (χ2n) is 4.80. The van der Waals surface area contributed by atoms with Gasteiger partial charge in [0.15, 0.2) is 0 Å². The number of nitrogens with zero attached hydrogens (tertiary/aromatic N) is 1. The molecule has 0 amide bonds. The van der Waals surface area contributed by atoms with E-state index in [-0.39, 0.29) is 13.1 Å². The molecule has 2 rings (SSSR count). The largest absolute Gasteiger partial charge is 0.369 e. The van der Waals surface area contributed by atoms with Gasteiger partial charge >= 0.3 is 0 Å². The van der Waals surface area contributed by atoms with E-state index in [1.807, 2.05) is 49.4 Å². The first-order valence-electron chi connectivity index (χ1n) is 7.00. The molecule has 0 spiro atoms. The summed E-state index contributed by atoms with van der Waals surface area (Å²) >= 11 is 0. The van der Waals surface area contributed by atoms with Crippen molar-refractivity contribution in [2.75, 3.05) is 18.4 Å². The van der Waals surface area contributed by atoms with Gasteiger partial charge in [-0.15, -0.1) is 0 Å². The zero-order valence-electron chi connectivity index (χ0n) is 12.4. The van der Waals surface area contributed by atoms with Gasteiger partial charge in [-0.25, -0.2) is 9.71 Å². The van der Waals surface area contributed by atoms with Crippen LogP contribution in [0.15, 0.2) is 48.7 Å². The lowest BCUT2D eigenvalue weighted by Crippen LogP contribution is -2.38. The van der Waals surface area contributed by atoms with Crippen molar-refractivity contribution >= 4 is 16.0 Å². The van der Waals surface area contributed by atoms with Crippen LogP contribution < -0.4 is 14.8 Å². The molecular formula is C15H20N4O2S. The lowest BCUT2D eigenvalue weighted by atomic mass is 10.2. The Balaban J connectivity index is 1.72. The second-order valence-corrected chi connectivity index (χ2v) is 6.38. The summed E-state index contributed by atoms with van der Waals surface area (Å²) in [4.78, 5) is 4.18. The molecule has 0 aliphatic heterocycles. The van der Waals surface area contributed by atoms with Crippen molar-refractivity contribution < 1.29 is 8.42 Å². The lowest BCUT2D eigenvalue weighted by molar-refractivity contribution is 0.567. The Labute approximate surface area is 131 Å². The van der Waals surface area contributed by atoms with Crippen LogP contribution in [0, 0.1) is 6.92 Å². The first kappa shape index (κ1) is 16.4. The number of rotatable bonds is 8. The van der Waals surface area contributed by atoms with Crippen molar-refractivity contribution in [2.24, 2.45) is 0 Å². The van der Waals surface area contributed by atoms with E-state index in [1.54, 1.807) is 6.20 Å². The highest BCUT2D eigenvalue weighted by molar-refractivity contribution is 7.87. The van der Waals surface area contributed by atoms with Crippen LogP contribution in [0.1, 0.15) is 11.1 Å². The van der Waals surface area contributed by atoms with Gasteiger partial charge in [-0.3, -0.25) is 0 Å². The lowest BCUT2D eigenvalue weighted by Gasteiger charge is -2.10. The van der Waals surface area contributed by atoms with Gasteiger partial charge in [0.25, 0.3) is 10.2 Å². The standard InChI is InChI=1S/C15H20N4O2S/c1-13-6-5-9-16-15(13)17-10-11-18-22(20,21)19-12-14-7-3-2-4-8-14/h2-9,18-19H,10-12H2,1H3,(H,16,17). The van der Waals surface area contributed by atoms with E-state index in [0.717, 1.165) is 16.9 Å². The number of nitrogens with one attached hydrogen (secondary N) is 3. The zero-order chi connectivity index (χ0) is 15.8. The molecule has 0 atom stereocenters. The Morgan fingerprint density at radius 2 is 1.77 bits per heavy atom. The van der Waals surface area contributed by atoms with Gasteiger partial charge in [0.05, 0.1) is 0 Å². The quantitative estimate of drug-likeness (QED) is 0.643. The maximum absolute atomic E-state index is 11.8. The topological polar surface area (TPSA) is 83.1 Å². The van der Waals surface area contributed by atoms with E-state index in [2.05, 4.69) is 19.7 Å². The first-order valence-corrected chi connectivity index (χ1v) is 8.49. The fourth-order valence-corrected chi connectivity index (χ4v) is 2.69. The number of hydrogen-bond donors (Lipinski definition) is 3. The molecule has 0 saturated heterocycles. The molecule has 0 radical (unpaired) electrons. The van der Waals surface area contributed by atoms with Crippen molar-refractivity contribution in [3.05, 3.63) is 59.8 Å². The molecule has 0 saturated carbocycles. The van der Waals surface area contributed by atoms with Crippen LogP contribution in [0.4, 0.5) is 5.82 Å². The molecule has 6 nitrogen and oxygen atoms in total. The summed E-state index contributed by atoms with van der Waals surface area (Å²) in [5, 5.41) is 3.09. The minimum Gasteiger partial charge on any atom is -0.369 e. The van der Waals surface area contributed by atoms with Crippen molar-refractivity contribution in [2.45, 2.75) is 13.5 Å². The van der Waals surface area contributed by atoms with Crippen LogP contribution in [0.2, 0.25) is 0 Å². The summed E-state index contributed by atoms with van der Waals surface area (Å²) in [5.74, 6) is 0.763. The molecule has 1 aromatic carbocycles. The van der Waals surface area contributed by atoms with E-state index in [9.17, 15) is 8.42 Å². The fraction of sp³-hybridized carbons (Fsp3) is 0.267. The van der Waals surface area contributed by atoms with E-state index >= 15 is 0 Å². The highest BCUT2D eigenvalue weighted by Gasteiger charge is 2.08. The van der Waals surface area contributed by atoms with Crippen molar-refractivity contribution in [1.29, 1.82) is 0 Å². The molecule has 0 aliphatic carbocycles. The molecule has 0 aliphatic rings. The van der Waals surface area contributed by atoms with Gasteiger partial charge in [0.1, 0.15) is 5.82 Å². The summed E-state index contributed by atoms with van der Waals surface area (Å²) in [6, 6.07) is 13.2. The summed E-state index contributed by atoms with van der Waals surface area (Å²) in [6.45, 7) is 2.95. The molecule has 7 heteroatoms. The van der Waals surface area contributed by atoms with Crippen LogP contribution in [0.5, 0.6) is 0 Å². The molecule has 0 bridgehead atoms. The number of anilines is 1. The van der Waals surface area contributed by atoms with Gasteiger partial charge in [-0.2, -0.15) is 13.1 Å². The predicted molar refractivity (Wildman–Crippen MR) is 87.7 cm³/mol.